The fraction of sp³-hybridized carbons (Fsp3) is 0.500. The summed E-state index contributed by atoms with van der Waals surface area (Å²) >= 11 is 0. The Balaban J connectivity index is 2.45. The van der Waals surface area contributed by atoms with E-state index in [1.807, 2.05) is 25.2 Å². The lowest BCUT2D eigenvalue weighted by Gasteiger charge is -2.21. The minimum atomic E-state index is 0.710. The Morgan fingerprint density at radius 3 is 2.74 bits per heavy atom. The Kier molecular flexibility index (Phi) is 7.23. The number of para-hydroxylation sites is 1. The van der Waals surface area contributed by atoms with E-state index in [2.05, 4.69) is 36.7 Å². The molecule has 3 heteroatoms. The van der Waals surface area contributed by atoms with Gasteiger partial charge in [-0.25, -0.2) is 0 Å². The second-order valence-corrected chi connectivity index (χ2v) is 4.81. The number of nitrogens with one attached hydrogen (secondary N) is 1. The van der Waals surface area contributed by atoms with E-state index in [9.17, 15) is 0 Å². The molecule has 0 spiro atoms. The van der Waals surface area contributed by atoms with Gasteiger partial charge in [-0.05, 0) is 26.6 Å². The van der Waals surface area contributed by atoms with Gasteiger partial charge >= 0.3 is 0 Å². The van der Waals surface area contributed by atoms with E-state index in [4.69, 9.17) is 4.74 Å². The maximum Gasteiger partial charge on any atom is 0.123 e. The monoisotopic (exact) mass is 262 g/mol. The first kappa shape index (κ1) is 15.7. The van der Waals surface area contributed by atoms with E-state index < -0.39 is 0 Å². The van der Waals surface area contributed by atoms with Crippen LogP contribution in [0.1, 0.15) is 19.4 Å². The van der Waals surface area contributed by atoms with Crippen molar-refractivity contribution >= 4 is 0 Å². The molecule has 0 bridgehead atoms. The lowest BCUT2D eigenvalue weighted by molar-refractivity contribution is 0.225. The maximum atomic E-state index is 5.89. The fourth-order valence-electron chi connectivity index (χ4n) is 2.00. The highest BCUT2D eigenvalue weighted by molar-refractivity contribution is 5.33. The summed E-state index contributed by atoms with van der Waals surface area (Å²) in [5, 5.41) is 3.16. The highest BCUT2D eigenvalue weighted by Crippen LogP contribution is 2.17. The summed E-state index contributed by atoms with van der Waals surface area (Å²) in [6.07, 6.45) is 0. The third kappa shape index (κ3) is 5.90. The Labute approximate surface area is 117 Å². The van der Waals surface area contributed by atoms with Crippen molar-refractivity contribution in [1.82, 2.24) is 10.2 Å². The number of benzene rings is 1. The van der Waals surface area contributed by atoms with Crippen LogP contribution in [0.3, 0.4) is 0 Å². The Morgan fingerprint density at radius 2 is 2.11 bits per heavy atom. The number of ether oxygens (including phenoxy) is 1. The highest BCUT2D eigenvalue weighted by Gasteiger charge is 2.05. The number of likely N-dealkylation sites (N-methyl/N-ethyl adjacent to an activating group) is 1. The highest BCUT2D eigenvalue weighted by atomic mass is 16.5. The molecule has 3 nitrogen and oxygen atoms in total. The van der Waals surface area contributed by atoms with Gasteiger partial charge in [-0.15, -0.1) is 0 Å². The zero-order valence-corrected chi connectivity index (χ0v) is 12.4. The van der Waals surface area contributed by atoms with Crippen LogP contribution in [0.25, 0.3) is 0 Å². The summed E-state index contributed by atoms with van der Waals surface area (Å²) in [7, 11) is 1.95. The molecule has 0 fully saturated rings. The molecule has 0 saturated heterocycles. The Bertz CT molecular complexity index is 390. The lowest BCUT2D eigenvalue weighted by Crippen LogP contribution is -2.29. The third-order valence-electron chi connectivity index (χ3n) is 2.95. The minimum Gasteiger partial charge on any atom is -0.492 e. The molecular formula is C16H26N2O. The normalized spacial score (nSPS) is 10.7. The zero-order valence-electron chi connectivity index (χ0n) is 12.4. The number of hydrogen-bond acceptors (Lipinski definition) is 3. The van der Waals surface area contributed by atoms with Crippen LogP contribution in [0, 0.1) is 0 Å². The quantitative estimate of drug-likeness (QED) is 0.693. The zero-order chi connectivity index (χ0) is 14.1. The topological polar surface area (TPSA) is 24.5 Å². The molecule has 1 aromatic rings. The van der Waals surface area contributed by atoms with Crippen LogP contribution in [-0.4, -0.2) is 38.2 Å². The smallest absolute Gasteiger partial charge is 0.123 e. The standard InChI is InChI=1S/C16H26N2O/c1-5-18(13-14(2)3)10-11-19-16-9-7-6-8-15(16)12-17-4/h6-9,17H,2,5,10-13H2,1,3-4H3. The molecule has 1 aromatic carbocycles. The minimum absolute atomic E-state index is 0.710. The molecule has 106 valence electrons. The van der Waals surface area contributed by atoms with Crippen LogP contribution in [0.4, 0.5) is 0 Å². The first-order valence-electron chi connectivity index (χ1n) is 6.89. The summed E-state index contributed by atoms with van der Waals surface area (Å²) in [5.41, 5.74) is 2.39. The van der Waals surface area contributed by atoms with Gasteiger partial charge in [0.05, 0.1) is 0 Å². The van der Waals surface area contributed by atoms with Crippen LogP contribution in [0.15, 0.2) is 36.4 Å². The molecule has 1 N–H and O–H groups in total. The molecule has 0 aliphatic heterocycles. The first-order chi connectivity index (χ1) is 9.17. The van der Waals surface area contributed by atoms with Crippen molar-refractivity contribution < 1.29 is 4.74 Å². The van der Waals surface area contributed by atoms with Crippen molar-refractivity contribution in [2.75, 3.05) is 33.3 Å². The molecule has 0 aliphatic rings. The van der Waals surface area contributed by atoms with Crippen LogP contribution in [0.5, 0.6) is 5.75 Å². The van der Waals surface area contributed by atoms with Gasteiger partial charge in [0.15, 0.2) is 0 Å². The van der Waals surface area contributed by atoms with Crippen LogP contribution in [-0.2, 0) is 6.54 Å². The number of nitrogens with zero attached hydrogens (tertiary/aromatic N) is 1. The molecule has 1 rings (SSSR count). The van der Waals surface area contributed by atoms with Gasteiger partial charge in [0.25, 0.3) is 0 Å². The summed E-state index contributed by atoms with van der Waals surface area (Å²) in [5.74, 6) is 0.975. The second kappa shape index (κ2) is 8.73. The van der Waals surface area contributed by atoms with Crippen molar-refractivity contribution in [3.05, 3.63) is 42.0 Å². The van der Waals surface area contributed by atoms with Gasteiger partial charge in [0, 0.05) is 25.2 Å². The average molecular weight is 262 g/mol. The van der Waals surface area contributed by atoms with Gasteiger partial charge in [-0.2, -0.15) is 0 Å². The number of hydrogen-bond donors (Lipinski definition) is 1. The van der Waals surface area contributed by atoms with Crippen molar-refractivity contribution in [1.29, 1.82) is 0 Å². The van der Waals surface area contributed by atoms with Crippen molar-refractivity contribution in [3.63, 3.8) is 0 Å². The molecule has 0 heterocycles. The lowest BCUT2D eigenvalue weighted by atomic mass is 10.2. The van der Waals surface area contributed by atoms with Crippen LogP contribution < -0.4 is 10.1 Å². The SMILES string of the molecule is C=C(C)CN(CC)CCOc1ccccc1CNC. The van der Waals surface area contributed by atoms with Gasteiger partial charge in [-0.1, -0.05) is 37.3 Å². The largest absolute Gasteiger partial charge is 0.492 e. The van der Waals surface area contributed by atoms with Gasteiger partial charge in [-0.3, -0.25) is 4.90 Å². The van der Waals surface area contributed by atoms with E-state index in [0.717, 1.165) is 31.9 Å². The Hall–Kier alpha value is -1.32. The van der Waals surface area contributed by atoms with E-state index in [1.165, 1.54) is 11.1 Å². The average Bonchev–Trinajstić information content (AvgIpc) is 2.39. The van der Waals surface area contributed by atoms with E-state index >= 15 is 0 Å². The summed E-state index contributed by atoms with van der Waals surface area (Å²) in [6, 6.07) is 8.18. The van der Waals surface area contributed by atoms with Crippen molar-refractivity contribution in [2.24, 2.45) is 0 Å². The first-order valence-corrected chi connectivity index (χ1v) is 6.89. The molecule has 0 aromatic heterocycles. The van der Waals surface area contributed by atoms with Crippen LogP contribution >= 0.6 is 0 Å². The molecule has 0 unspecified atom stereocenters. The molecule has 0 saturated carbocycles. The molecule has 0 amide bonds. The van der Waals surface area contributed by atoms with Gasteiger partial charge in [0.2, 0.25) is 0 Å². The molecular weight excluding hydrogens is 236 g/mol. The number of rotatable bonds is 9. The summed E-state index contributed by atoms with van der Waals surface area (Å²) < 4.78 is 5.89. The van der Waals surface area contributed by atoms with Crippen LogP contribution in [0.2, 0.25) is 0 Å². The molecule has 0 aliphatic carbocycles. The predicted octanol–water partition coefficient (Wildman–Crippen LogP) is 2.68. The van der Waals surface area contributed by atoms with E-state index in [-0.39, 0.29) is 0 Å². The molecule has 0 atom stereocenters. The van der Waals surface area contributed by atoms with E-state index in [0.29, 0.717) is 6.61 Å². The second-order valence-electron chi connectivity index (χ2n) is 4.81. The predicted molar refractivity (Wildman–Crippen MR) is 81.6 cm³/mol. The summed E-state index contributed by atoms with van der Waals surface area (Å²) in [6.45, 7) is 12.6. The third-order valence-corrected chi connectivity index (χ3v) is 2.95. The maximum absolute atomic E-state index is 5.89. The van der Waals surface area contributed by atoms with Gasteiger partial charge < -0.3 is 10.1 Å². The van der Waals surface area contributed by atoms with E-state index in [1.54, 1.807) is 0 Å². The fourth-order valence-corrected chi connectivity index (χ4v) is 2.00. The van der Waals surface area contributed by atoms with Crippen molar-refractivity contribution in [3.8, 4) is 5.75 Å². The molecule has 19 heavy (non-hydrogen) atoms. The molecule has 0 radical (unpaired) electrons. The van der Waals surface area contributed by atoms with Gasteiger partial charge in [0.1, 0.15) is 12.4 Å². The summed E-state index contributed by atoms with van der Waals surface area (Å²) in [4.78, 5) is 2.34. The Morgan fingerprint density at radius 1 is 1.37 bits per heavy atom. The van der Waals surface area contributed by atoms with Crippen molar-refractivity contribution in [2.45, 2.75) is 20.4 Å².